The summed E-state index contributed by atoms with van der Waals surface area (Å²) in [6, 6.07) is 0.277. The lowest BCUT2D eigenvalue weighted by Gasteiger charge is -2.27. The Kier molecular flexibility index (Phi) is 2.20. The van der Waals surface area contributed by atoms with E-state index in [1.807, 2.05) is 5.01 Å². The summed E-state index contributed by atoms with van der Waals surface area (Å²) in [7, 11) is 0. The van der Waals surface area contributed by atoms with Crippen LogP contribution in [0.5, 0.6) is 0 Å². The van der Waals surface area contributed by atoms with E-state index < -0.39 is 0 Å². The van der Waals surface area contributed by atoms with Crippen molar-refractivity contribution in [3.8, 4) is 0 Å². The van der Waals surface area contributed by atoms with Crippen LogP contribution >= 0.6 is 0 Å². The molecule has 2 aliphatic rings. The van der Waals surface area contributed by atoms with Crippen molar-refractivity contribution in [2.24, 2.45) is 10.8 Å². The Bertz CT molecular complexity index is 233. The predicted octanol–water partition coefficient (Wildman–Crippen LogP) is 0.474. The molecule has 0 aromatic heterocycles. The maximum atomic E-state index is 11.1. The van der Waals surface area contributed by atoms with Crippen LogP contribution in [-0.4, -0.2) is 29.2 Å². The van der Waals surface area contributed by atoms with Gasteiger partial charge in [-0.25, -0.2) is 0 Å². The SMILES string of the molecule is NC(=O)C1CC=NN1C1CCCC1. The van der Waals surface area contributed by atoms with E-state index in [-0.39, 0.29) is 11.9 Å². The number of primary amides is 1. The van der Waals surface area contributed by atoms with Crippen molar-refractivity contribution in [2.75, 3.05) is 0 Å². The average Bonchev–Trinajstić information content (AvgIpc) is 2.74. The van der Waals surface area contributed by atoms with Crippen LogP contribution in [-0.2, 0) is 4.79 Å². The number of carbonyl (C=O) groups excluding carboxylic acids is 1. The molecule has 1 saturated carbocycles. The quantitative estimate of drug-likeness (QED) is 0.673. The zero-order valence-corrected chi connectivity index (χ0v) is 7.65. The van der Waals surface area contributed by atoms with Crippen molar-refractivity contribution in [2.45, 2.75) is 44.2 Å². The second-order valence-electron chi connectivity index (χ2n) is 3.77. The van der Waals surface area contributed by atoms with E-state index in [2.05, 4.69) is 5.10 Å². The van der Waals surface area contributed by atoms with E-state index in [1.165, 1.54) is 12.8 Å². The fourth-order valence-electron chi connectivity index (χ4n) is 2.19. The number of carbonyl (C=O) groups is 1. The molecule has 1 aliphatic carbocycles. The van der Waals surface area contributed by atoms with Gasteiger partial charge in [0, 0.05) is 18.7 Å². The van der Waals surface area contributed by atoms with Crippen molar-refractivity contribution >= 4 is 12.1 Å². The van der Waals surface area contributed by atoms with Crippen molar-refractivity contribution in [1.82, 2.24) is 5.01 Å². The monoisotopic (exact) mass is 181 g/mol. The van der Waals surface area contributed by atoms with Gasteiger partial charge < -0.3 is 5.73 Å². The van der Waals surface area contributed by atoms with E-state index in [9.17, 15) is 4.79 Å². The molecule has 2 N–H and O–H groups in total. The fraction of sp³-hybridized carbons (Fsp3) is 0.778. The predicted molar refractivity (Wildman–Crippen MR) is 50.2 cm³/mol. The summed E-state index contributed by atoms with van der Waals surface area (Å²) in [6.45, 7) is 0. The Morgan fingerprint density at radius 3 is 2.77 bits per heavy atom. The summed E-state index contributed by atoms with van der Waals surface area (Å²) in [5.41, 5.74) is 5.30. The topological polar surface area (TPSA) is 58.7 Å². The molecule has 1 unspecified atom stereocenters. The van der Waals surface area contributed by atoms with Gasteiger partial charge in [-0.2, -0.15) is 5.10 Å². The summed E-state index contributed by atoms with van der Waals surface area (Å²) >= 11 is 0. The van der Waals surface area contributed by atoms with E-state index in [0.717, 1.165) is 12.8 Å². The molecule has 0 bridgehead atoms. The van der Waals surface area contributed by atoms with E-state index in [1.54, 1.807) is 6.21 Å². The van der Waals surface area contributed by atoms with Gasteiger partial charge in [-0.1, -0.05) is 12.8 Å². The molecule has 4 heteroatoms. The molecule has 0 aromatic rings. The van der Waals surface area contributed by atoms with Crippen molar-refractivity contribution in [1.29, 1.82) is 0 Å². The van der Waals surface area contributed by atoms with Crippen LogP contribution in [0.1, 0.15) is 32.1 Å². The third-order valence-electron chi connectivity index (χ3n) is 2.89. The normalized spacial score (nSPS) is 28.6. The lowest BCUT2D eigenvalue weighted by atomic mass is 10.1. The van der Waals surface area contributed by atoms with Crippen LogP contribution < -0.4 is 5.73 Å². The van der Waals surface area contributed by atoms with Gasteiger partial charge in [0.2, 0.25) is 5.91 Å². The highest BCUT2D eigenvalue weighted by molar-refractivity contribution is 5.84. The summed E-state index contributed by atoms with van der Waals surface area (Å²) in [5.74, 6) is -0.246. The van der Waals surface area contributed by atoms with Gasteiger partial charge in [0.25, 0.3) is 0 Å². The van der Waals surface area contributed by atoms with Gasteiger partial charge in [-0.15, -0.1) is 0 Å². The number of amides is 1. The number of hydrogen-bond donors (Lipinski definition) is 1. The maximum absolute atomic E-state index is 11.1. The van der Waals surface area contributed by atoms with E-state index >= 15 is 0 Å². The highest BCUT2D eigenvalue weighted by atomic mass is 16.1. The molecule has 0 aromatic carbocycles. The highest BCUT2D eigenvalue weighted by Crippen LogP contribution is 2.27. The van der Waals surface area contributed by atoms with Gasteiger partial charge in [-0.05, 0) is 12.8 Å². The number of nitrogens with two attached hydrogens (primary N) is 1. The minimum atomic E-state index is -0.246. The first-order chi connectivity index (χ1) is 6.29. The van der Waals surface area contributed by atoms with Crippen LogP contribution in [0.3, 0.4) is 0 Å². The number of hydrazone groups is 1. The van der Waals surface area contributed by atoms with Gasteiger partial charge in [0.1, 0.15) is 6.04 Å². The van der Waals surface area contributed by atoms with Gasteiger partial charge in [0.05, 0.1) is 0 Å². The Morgan fingerprint density at radius 2 is 2.15 bits per heavy atom. The van der Waals surface area contributed by atoms with Crippen LogP contribution in [0.4, 0.5) is 0 Å². The molecule has 13 heavy (non-hydrogen) atoms. The lowest BCUT2D eigenvalue weighted by molar-refractivity contribution is -0.123. The number of rotatable bonds is 2. The summed E-state index contributed by atoms with van der Waals surface area (Å²) in [6.07, 6.45) is 7.30. The van der Waals surface area contributed by atoms with Crippen LogP contribution in [0.2, 0.25) is 0 Å². The second kappa shape index (κ2) is 3.36. The lowest BCUT2D eigenvalue weighted by Crippen LogP contribution is -2.43. The molecule has 1 atom stereocenters. The molecule has 4 nitrogen and oxygen atoms in total. The number of nitrogens with zero attached hydrogens (tertiary/aromatic N) is 2. The largest absolute Gasteiger partial charge is 0.368 e. The van der Waals surface area contributed by atoms with E-state index in [0.29, 0.717) is 12.5 Å². The Labute approximate surface area is 77.8 Å². The van der Waals surface area contributed by atoms with Gasteiger partial charge in [0.15, 0.2) is 0 Å². The summed E-state index contributed by atoms with van der Waals surface area (Å²) in [5, 5.41) is 6.14. The molecule has 1 aliphatic heterocycles. The zero-order valence-electron chi connectivity index (χ0n) is 7.65. The molecule has 1 amide bonds. The zero-order chi connectivity index (χ0) is 9.26. The molecule has 0 spiro atoms. The second-order valence-corrected chi connectivity index (χ2v) is 3.77. The smallest absolute Gasteiger partial charge is 0.242 e. The Balaban J connectivity index is 2.03. The third-order valence-corrected chi connectivity index (χ3v) is 2.89. The van der Waals surface area contributed by atoms with Gasteiger partial charge >= 0.3 is 0 Å². The molecule has 72 valence electrons. The summed E-state index contributed by atoms with van der Waals surface area (Å²) in [4.78, 5) is 11.1. The first kappa shape index (κ1) is 8.53. The van der Waals surface area contributed by atoms with E-state index in [4.69, 9.17) is 5.73 Å². The minimum Gasteiger partial charge on any atom is -0.368 e. The number of hydrogen-bond acceptors (Lipinski definition) is 3. The highest BCUT2D eigenvalue weighted by Gasteiger charge is 2.32. The first-order valence-corrected chi connectivity index (χ1v) is 4.89. The third kappa shape index (κ3) is 1.53. The molecule has 1 heterocycles. The van der Waals surface area contributed by atoms with Crippen molar-refractivity contribution < 1.29 is 4.79 Å². The minimum absolute atomic E-state index is 0.178. The molecule has 2 rings (SSSR count). The van der Waals surface area contributed by atoms with Crippen molar-refractivity contribution in [3.05, 3.63) is 0 Å². The molecular weight excluding hydrogens is 166 g/mol. The summed E-state index contributed by atoms with van der Waals surface area (Å²) < 4.78 is 0. The average molecular weight is 181 g/mol. The standard InChI is InChI=1S/C9H15N3O/c10-9(13)8-5-6-11-12(8)7-3-1-2-4-7/h6-8H,1-5H2,(H2,10,13). The fourth-order valence-corrected chi connectivity index (χ4v) is 2.19. The maximum Gasteiger partial charge on any atom is 0.242 e. The Hall–Kier alpha value is -1.06. The van der Waals surface area contributed by atoms with Crippen LogP contribution in [0.15, 0.2) is 5.10 Å². The van der Waals surface area contributed by atoms with Crippen molar-refractivity contribution in [3.63, 3.8) is 0 Å². The molecule has 0 radical (unpaired) electrons. The first-order valence-electron chi connectivity index (χ1n) is 4.89. The Morgan fingerprint density at radius 1 is 1.46 bits per heavy atom. The molecule has 0 saturated heterocycles. The molecular formula is C9H15N3O. The van der Waals surface area contributed by atoms with Gasteiger partial charge in [-0.3, -0.25) is 9.80 Å². The van der Waals surface area contributed by atoms with Crippen LogP contribution in [0, 0.1) is 0 Å². The van der Waals surface area contributed by atoms with Crippen LogP contribution in [0.25, 0.3) is 0 Å². The molecule has 1 fully saturated rings.